The number of amides is 1. The van der Waals surface area contributed by atoms with E-state index < -0.39 is 0 Å². The molecule has 2 bridgehead atoms. The van der Waals surface area contributed by atoms with Crippen molar-refractivity contribution in [2.24, 2.45) is 5.92 Å². The van der Waals surface area contributed by atoms with Crippen LogP contribution in [0.3, 0.4) is 0 Å². The number of nitrogens with zero attached hydrogens (tertiary/aromatic N) is 2. The van der Waals surface area contributed by atoms with Gasteiger partial charge in [-0.05, 0) is 72.6 Å². The fourth-order valence-corrected chi connectivity index (χ4v) is 6.75. The lowest BCUT2D eigenvalue weighted by Gasteiger charge is -2.47. The molecule has 1 amide bonds. The van der Waals surface area contributed by atoms with Gasteiger partial charge in [-0.3, -0.25) is 4.79 Å². The second kappa shape index (κ2) is 9.98. The van der Waals surface area contributed by atoms with Gasteiger partial charge in [-0.1, -0.05) is 48.5 Å². The summed E-state index contributed by atoms with van der Waals surface area (Å²) >= 11 is 0. The van der Waals surface area contributed by atoms with Crippen molar-refractivity contribution in [1.82, 2.24) is 4.90 Å². The van der Waals surface area contributed by atoms with Gasteiger partial charge in [0.2, 0.25) is 0 Å². The van der Waals surface area contributed by atoms with Crippen molar-refractivity contribution in [2.75, 3.05) is 13.7 Å². The Labute approximate surface area is 222 Å². The van der Waals surface area contributed by atoms with Crippen LogP contribution in [0, 0.1) is 17.2 Å². The number of rotatable bonds is 5. The number of carbonyl (C=O) groups is 2. The van der Waals surface area contributed by atoms with Crippen LogP contribution in [0.1, 0.15) is 65.1 Å². The number of hydrogen-bond donors (Lipinski definition) is 0. The van der Waals surface area contributed by atoms with E-state index in [-0.39, 0.29) is 35.8 Å². The van der Waals surface area contributed by atoms with Gasteiger partial charge in [-0.15, -0.1) is 0 Å². The molecule has 2 atom stereocenters. The van der Waals surface area contributed by atoms with Crippen molar-refractivity contribution in [2.45, 2.75) is 50.1 Å². The highest BCUT2D eigenvalue weighted by molar-refractivity contribution is 6.01. The number of piperidine rings is 2. The lowest BCUT2D eigenvalue weighted by atomic mass is 9.75. The zero-order valence-electron chi connectivity index (χ0n) is 21.4. The zero-order valence-corrected chi connectivity index (χ0v) is 21.4. The van der Waals surface area contributed by atoms with E-state index in [1.165, 1.54) is 29.4 Å². The van der Waals surface area contributed by atoms with E-state index >= 15 is 0 Å². The van der Waals surface area contributed by atoms with E-state index in [0.717, 1.165) is 19.3 Å². The molecular weight excluding hydrogens is 476 g/mol. The van der Waals surface area contributed by atoms with E-state index in [4.69, 9.17) is 9.47 Å². The molecule has 3 aromatic carbocycles. The minimum atomic E-state index is -0.281. The summed E-state index contributed by atoms with van der Waals surface area (Å²) in [5.74, 6) is 0.275. The Kier molecular flexibility index (Phi) is 6.37. The molecule has 1 aliphatic carbocycles. The SMILES string of the molecule is COc1ccc(C#N)cc1C(=O)C1CC2CCCC(C1)N2C(=O)OCC1c2ccccc2-c2ccccc21. The van der Waals surface area contributed by atoms with E-state index in [1.54, 1.807) is 18.2 Å². The Balaban J connectivity index is 1.18. The molecule has 6 heteroatoms. The molecule has 3 aromatic rings. The minimum Gasteiger partial charge on any atom is -0.496 e. The van der Waals surface area contributed by atoms with Crippen molar-refractivity contribution in [3.63, 3.8) is 0 Å². The van der Waals surface area contributed by atoms with Gasteiger partial charge in [0.15, 0.2) is 5.78 Å². The highest BCUT2D eigenvalue weighted by Gasteiger charge is 2.44. The molecule has 2 aliphatic heterocycles. The molecule has 0 spiro atoms. The second-order valence-corrected chi connectivity index (χ2v) is 10.5. The maximum absolute atomic E-state index is 13.6. The quantitative estimate of drug-likeness (QED) is 0.378. The third-order valence-corrected chi connectivity index (χ3v) is 8.49. The topological polar surface area (TPSA) is 79.6 Å². The summed E-state index contributed by atoms with van der Waals surface area (Å²) in [4.78, 5) is 29.0. The Morgan fingerprint density at radius 1 is 0.947 bits per heavy atom. The van der Waals surface area contributed by atoms with E-state index in [9.17, 15) is 14.9 Å². The Morgan fingerprint density at radius 2 is 1.58 bits per heavy atom. The smallest absolute Gasteiger partial charge is 0.410 e. The van der Waals surface area contributed by atoms with Gasteiger partial charge in [-0.25, -0.2) is 4.79 Å². The largest absolute Gasteiger partial charge is 0.496 e. The van der Waals surface area contributed by atoms with Crippen molar-refractivity contribution in [1.29, 1.82) is 5.26 Å². The van der Waals surface area contributed by atoms with Crippen LogP contribution in [0.4, 0.5) is 4.79 Å². The molecule has 0 radical (unpaired) electrons. The van der Waals surface area contributed by atoms with Crippen LogP contribution >= 0.6 is 0 Å². The standard InChI is InChI=1S/C32H30N2O4/c1-37-30-14-13-20(18-33)15-28(30)31(35)21-16-22-7-6-8-23(17-21)34(22)32(36)38-19-29-26-11-4-2-9-24(26)25-10-3-5-12-27(25)29/h2-5,9-15,21-23,29H,6-8,16-17,19H2,1H3. The maximum atomic E-state index is 13.6. The maximum Gasteiger partial charge on any atom is 0.410 e. The highest BCUT2D eigenvalue weighted by Crippen LogP contribution is 2.45. The van der Waals surface area contributed by atoms with Crippen LogP contribution in [0.25, 0.3) is 11.1 Å². The van der Waals surface area contributed by atoms with Crippen LogP contribution in [0.2, 0.25) is 0 Å². The number of ketones is 1. The molecule has 2 fully saturated rings. The lowest BCUT2D eigenvalue weighted by Crippen LogP contribution is -2.55. The van der Waals surface area contributed by atoms with Crippen molar-refractivity contribution in [3.8, 4) is 22.9 Å². The lowest BCUT2D eigenvalue weighted by molar-refractivity contribution is 0.00645. The van der Waals surface area contributed by atoms with E-state index in [1.807, 2.05) is 29.2 Å². The van der Waals surface area contributed by atoms with Crippen molar-refractivity contribution >= 4 is 11.9 Å². The van der Waals surface area contributed by atoms with Crippen LogP contribution < -0.4 is 4.74 Å². The Bertz CT molecular complexity index is 1380. The number of methoxy groups -OCH3 is 1. The summed E-state index contributed by atoms with van der Waals surface area (Å²) < 4.78 is 11.4. The molecule has 6 rings (SSSR count). The van der Waals surface area contributed by atoms with Gasteiger partial charge in [0.25, 0.3) is 0 Å². The van der Waals surface area contributed by atoms with Gasteiger partial charge in [0.1, 0.15) is 12.4 Å². The first-order valence-electron chi connectivity index (χ1n) is 13.3. The molecular formula is C32H30N2O4. The summed E-state index contributed by atoms with van der Waals surface area (Å²) in [5, 5.41) is 9.32. The zero-order chi connectivity index (χ0) is 26.2. The third kappa shape index (κ3) is 4.12. The number of hydrogen-bond acceptors (Lipinski definition) is 5. The van der Waals surface area contributed by atoms with Gasteiger partial charge >= 0.3 is 6.09 Å². The Hall–Kier alpha value is -4.11. The summed E-state index contributed by atoms with van der Waals surface area (Å²) in [6.45, 7) is 0.295. The highest BCUT2D eigenvalue weighted by atomic mass is 16.6. The number of ether oxygens (including phenoxy) is 2. The summed E-state index contributed by atoms with van der Waals surface area (Å²) in [6, 6.07) is 23.7. The van der Waals surface area contributed by atoms with Crippen LogP contribution in [-0.4, -0.2) is 42.6 Å². The number of nitriles is 1. The fourth-order valence-electron chi connectivity index (χ4n) is 6.75. The molecule has 6 nitrogen and oxygen atoms in total. The van der Waals surface area contributed by atoms with Crippen LogP contribution in [0.15, 0.2) is 66.7 Å². The van der Waals surface area contributed by atoms with Gasteiger partial charge in [0.05, 0.1) is 24.3 Å². The van der Waals surface area contributed by atoms with Gasteiger partial charge < -0.3 is 14.4 Å². The minimum absolute atomic E-state index is 0.0111. The van der Waals surface area contributed by atoms with Crippen molar-refractivity contribution in [3.05, 3.63) is 89.0 Å². The molecule has 192 valence electrons. The Morgan fingerprint density at radius 3 is 2.18 bits per heavy atom. The predicted octanol–water partition coefficient (Wildman–Crippen LogP) is 6.33. The first-order valence-corrected chi connectivity index (χ1v) is 13.3. The van der Waals surface area contributed by atoms with Crippen molar-refractivity contribution < 1.29 is 19.1 Å². The molecule has 2 saturated heterocycles. The predicted molar refractivity (Wildman–Crippen MR) is 143 cm³/mol. The summed E-state index contributed by atoms with van der Waals surface area (Å²) in [5.41, 5.74) is 5.68. The molecule has 2 heterocycles. The molecule has 0 N–H and O–H groups in total. The number of Topliss-reactive ketones (excluding diaryl/α,β-unsaturated/α-hetero) is 1. The molecule has 0 saturated carbocycles. The average Bonchev–Trinajstić information content (AvgIpc) is 3.28. The monoisotopic (exact) mass is 506 g/mol. The normalized spacial score (nSPS) is 21.7. The number of carbonyl (C=O) groups excluding carboxylic acids is 2. The first-order chi connectivity index (χ1) is 18.6. The first kappa shape index (κ1) is 24.2. The molecule has 38 heavy (non-hydrogen) atoms. The van der Waals surface area contributed by atoms with Gasteiger partial charge in [0, 0.05) is 23.9 Å². The number of benzene rings is 3. The summed E-state index contributed by atoms with van der Waals surface area (Å²) in [7, 11) is 1.53. The molecule has 0 aromatic heterocycles. The van der Waals surface area contributed by atoms with E-state index in [2.05, 4.69) is 30.3 Å². The van der Waals surface area contributed by atoms with E-state index in [0.29, 0.717) is 36.3 Å². The summed E-state index contributed by atoms with van der Waals surface area (Å²) in [6.07, 6.45) is 3.67. The van der Waals surface area contributed by atoms with Crippen LogP contribution in [0.5, 0.6) is 5.75 Å². The average molecular weight is 507 g/mol. The number of fused-ring (bicyclic) bond motifs is 5. The second-order valence-electron chi connectivity index (χ2n) is 10.5. The van der Waals surface area contributed by atoms with Crippen LogP contribution in [-0.2, 0) is 4.74 Å². The molecule has 3 aliphatic rings. The molecule has 2 unspecified atom stereocenters. The fraction of sp³-hybridized carbons (Fsp3) is 0.344. The third-order valence-electron chi connectivity index (χ3n) is 8.49. The van der Waals surface area contributed by atoms with Gasteiger partial charge in [-0.2, -0.15) is 5.26 Å².